The smallest absolute Gasteiger partial charge is 0.398 e. The second-order valence-corrected chi connectivity index (χ2v) is 3.96. The maximum Gasteiger partial charge on any atom is 0.398 e. The topological polar surface area (TPSA) is 46.5 Å². The molecule has 0 aliphatic carbocycles. The molecule has 0 spiro atoms. The zero-order chi connectivity index (χ0) is 14.2. The molecule has 18 heavy (non-hydrogen) atoms. The molecule has 0 aromatic carbocycles. The molecular weight excluding hydrogens is 249 g/mol. The van der Waals surface area contributed by atoms with Gasteiger partial charge in [-0.25, -0.2) is 4.79 Å². The van der Waals surface area contributed by atoms with E-state index < -0.39 is 24.2 Å². The number of hydrogen-bond acceptors (Lipinski definition) is 3. The molecule has 0 fully saturated rings. The van der Waals surface area contributed by atoms with E-state index in [4.69, 9.17) is 0 Å². The molecule has 6 heteroatoms. The number of hydrogen-bond donors (Lipinski definition) is 1. The fraction of sp³-hybridized carbons (Fsp3) is 0.750. The Kier molecular flexibility index (Phi) is 7.66. The van der Waals surface area contributed by atoms with Crippen LogP contribution in [0.2, 0.25) is 0 Å². The van der Waals surface area contributed by atoms with Crippen LogP contribution in [0.3, 0.4) is 0 Å². The van der Waals surface area contributed by atoms with Gasteiger partial charge in [-0.15, -0.1) is 0 Å². The van der Waals surface area contributed by atoms with E-state index in [2.05, 4.69) is 4.74 Å². The normalized spacial score (nSPS) is 15.7. The summed E-state index contributed by atoms with van der Waals surface area (Å²) in [7, 11) is 0.934. The molecule has 0 rings (SSSR count). The molecule has 3 nitrogen and oxygen atoms in total. The second-order valence-electron chi connectivity index (χ2n) is 3.96. The lowest BCUT2D eigenvalue weighted by Gasteiger charge is -2.20. The number of carbonyl (C=O) groups is 1. The van der Waals surface area contributed by atoms with Gasteiger partial charge in [-0.05, 0) is 12.8 Å². The summed E-state index contributed by atoms with van der Waals surface area (Å²) in [6.07, 6.45) is -1.52. The minimum absolute atomic E-state index is 0.494. The summed E-state index contributed by atoms with van der Waals surface area (Å²) in [5.74, 6) is -3.50. The largest absolute Gasteiger partial charge is 0.467 e. The van der Waals surface area contributed by atoms with Crippen molar-refractivity contribution < 1.29 is 27.8 Å². The van der Waals surface area contributed by atoms with Crippen molar-refractivity contribution in [2.45, 2.75) is 44.9 Å². The summed E-state index contributed by atoms with van der Waals surface area (Å²) in [5, 5.41) is 9.27. The Balaban J connectivity index is 4.56. The first-order valence-electron chi connectivity index (χ1n) is 5.83. The third-order valence-electron chi connectivity index (χ3n) is 2.48. The van der Waals surface area contributed by atoms with E-state index in [1.165, 1.54) is 6.08 Å². The average Bonchev–Trinajstić information content (AvgIpc) is 2.30. The van der Waals surface area contributed by atoms with E-state index in [1.54, 1.807) is 0 Å². The molecular formula is C12H19F3O3. The number of allylic oxidation sites excluding steroid dienone is 1. The standard InChI is InChI=1S/C12H19F3O3/c1-3-4-5-6-7-8-9(12(13,14)15)10(16)11(17)18-2/h7-10,16H,3-6H2,1-2H3/b8-7+/t9-,10-/m0/s1. The van der Waals surface area contributed by atoms with Crippen LogP contribution in [-0.2, 0) is 9.53 Å². The zero-order valence-corrected chi connectivity index (χ0v) is 10.5. The summed E-state index contributed by atoms with van der Waals surface area (Å²) in [6, 6.07) is 0. The monoisotopic (exact) mass is 268 g/mol. The number of unbranched alkanes of at least 4 members (excludes halogenated alkanes) is 3. The minimum Gasteiger partial charge on any atom is -0.467 e. The molecule has 0 amide bonds. The lowest BCUT2D eigenvalue weighted by Crippen LogP contribution is -2.38. The van der Waals surface area contributed by atoms with Gasteiger partial charge in [0, 0.05) is 0 Å². The summed E-state index contributed by atoms with van der Waals surface area (Å²) in [4.78, 5) is 10.9. The van der Waals surface area contributed by atoms with Crippen molar-refractivity contribution in [2.24, 2.45) is 5.92 Å². The molecule has 0 aromatic heterocycles. The van der Waals surface area contributed by atoms with Crippen LogP contribution in [0.15, 0.2) is 12.2 Å². The van der Waals surface area contributed by atoms with Gasteiger partial charge in [0.25, 0.3) is 0 Å². The molecule has 0 aromatic rings. The van der Waals surface area contributed by atoms with Gasteiger partial charge >= 0.3 is 12.1 Å². The van der Waals surface area contributed by atoms with Gasteiger partial charge in [0.1, 0.15) is 5.92 Å². The van der Waals surface area contributed by atoms with Gasteiger partial charge in [-0.2, -0.15) is 13.2 Å². The maximum absolute atomic E-state index is 12.6. The van der Waals surface area contributed by atoms with E-state index in [9.17, 15) is 23.1 Å². The predicted octanol–water partition coefficient (Wildman–Crippen LogP) is 2.84. The summed E-state index contributed by atoms with van der Waals surface area (Å²) >= 11 is 0. The molecule has 0 bridgehead atoms. The van der Waals surface area contributed by atoms with Crippen LogP contribution in [0.5, 0.6) is 0 Å². The van der Waals surface area contributed by atoms with Crippen molar-refractivity contribution in [1.82, 2.24) is 0 Å². The maximum atomic E-state index is 12.6. The zero-order valence-electron chi connectivity index (χ0n) is 10.5. The number of aliphatic hydroxyl groups excluding tert-OH is 1. The first-order chi connectivity index (χ1) is 8.34. The van der Waals surface area contributed by atoms with Crippen molar-refractivity contribution in [3.8, 4) is 0 Å². The van der Waals surface area contributed by atoms with Crippen LogP contribution in [0.25, 0.3) is 0 Å². The number of rotatable bonds is 7. The van der Waals surface area contributed by atoms with Crippen LogP contribution in [0.1, 0.15) is 32.6 Å². The highest BCUT2D eigenvalue weighted by Crippen LogP contribution is 2.30. The molecule has 2 atom stereocenters. The number of carbonyl (C=O) groups excluding carboxylic acids is 1. The molecule has 106 valence electrons. The fourth-order valence-electron chi connectivity index (χ4n) is 1.42. The minimum atomic E-state index is -4.67. The number of ether oxygens (including phenoxy) is 1. The molecule has 0 aliphatic heterocycles. The Labute approximate surface area is 105 Å². The molecule has 1 N–H and O–H groups in total. The van der Waals surface area contributed by atoms with E-state index in [-0.39, 0.29) is 0 Å². The van der Waals surface area contributed by atoms with Crippen molar-refractivity contribution in [1.29, 1.82) is 0 Å². The molecule has 0 saturated carbocycles. The van der Waals surface area contributed by atoms with Crippen molar-refractivity contribution in [3.63, 3.8) is 0 Å². The van der Waals surface area contributed by atoms with Crippen LogP contribution in [-0.4, -0.2) is 30.5 Å². The van der Waals surface area contributed by atoms with Gasteiger partial charge in [-0.3, -0.25) is 0 Å². The van der Waals surface area contributed by atoms with Gasteiger partial charge in [0.05, 0.1) is 7.11 Å². The van der Waals surface area contributed by atoms with Crippen LogP contribution < -0.4 is 0 Å². The van der Waals surface area contributed by atoms with Gasteiger partial charge in [0.15, 0.2) is 6.10 Å². The lowest BCUT2D eigenvalue weighted by molar-refractivity contribution is -0.196. The van der Waals surface area contributed by atoms with E-state index in [0.29, 0.717) is 6.42 Å². The van der Waals surface area contributed by atoms with Crippen molar-refractivity contribution in [2.75, 3.05) is 7.11 Å². The van der Waals surface area contributed by atoms with E-state index >= 15 is 0 Å². The Morgan fingerprint density at radius 1 is 1.39 bits per heavy atom. The van der Waals surface area contributed by atoms with Crippen LogP contribution in [0.4, 0.5) is 13.2 Å². The van der Waals surface area contributed by atoms with E-state index in [0.717, 1.165) is 32.4 Å². The van der Waals surface area contributed by atoms with Gasteiger partial charge in [0.2, 0.25) is 0 Å². The Bertz CT molecular complexity index is 274. The average molecular weight is 268 g/mol. The highest BCUT2D eigenvalue weighted by molar-refractivity contribution is 5.75. The summed E-state index contributed by atoms with van der Waals surface area (Å²) in [6.45, 7) is 1.99. The summed E-state index contributed by atoms with van der Waals surface area (Å²) < 4.78 is 42.0. The van der Waals surface area contributed by atoms with Crippen LogP contribution >= 0.6 is 0 Å². The number of alkyl halides is 3. The third-order valence-corrected chi connectivity index (χ3v) is 2.48. The first-order valence-corrected chi connectivity index (χ1v) is 5.83. The molecule has 0 saturated heterocycles. The lowest BCUT2D eigenvalue weighted by atomic mass is 10.0. The van der Waals surface area contributed by atoms with Gasteiger partial charge in [-0.1, -0.05) is 31.9 Å². The predicted molar refractivity (Wildman–Crippen MR) is 60.8 cm³/mol. The molecule has 0 unspecified atom stereocenters. The quantitative estimate of drug-likeness (QED) is 0.439. The Morgan fingerprint density at radius 3 is 2.44 bits per heavy atom. The number of esters is 1. The Morgan fingerprint density at radius 2 is 2.00 bits per heavy atom. The van der Waals surface area contributed by atoms with Gasteiger partial charge < -0.3 is 9.84 Å². The Hall–Kier alpha value is -1.04. The van der Waals surface area contributed by atoms with Crippen molar-refractivity contribution in [3.05, 3.63) is 12.2 Å². The molecule has 0 aliphatic rings. The number of halogens is 3. The van der Waals surface area contributed by atoms with E-state index in [1.807, 2.05) is 6.92 Å². The first kappa shape index (κ1) is 17.0. The number of methoxy groups -OCH3 is 1. The van der Waals surface area contributed by atoms with Crippen molar-refractivity contribution >= 4 is 5.97 Å². The molecule has 0 heterocycles. The van der Waals surface area contributed by atoms with Crippen LogP contribution in [0, 0.1) is 5.92 Å². The SMILES string of the molecule is CCCCC/C=C/[C@@H]([C@H](O)C(=O)OC)C(F)(F)F. The highest BCUT2D eigenvalue weighted by Gasteiger charge is 2.45. The highest BCUT2D eigenvalue weighted by atomic mass is 19.4. The molecule has 0 radical (unpaired) electrons. The number of aliphatic hydroxyl groups is 1. The second kappa shape index (κ2) is 8.13. The summed E-state index contributed by atoms with van der Waals surface area (Å²) in [5.41, 5.74) is 0. The third kappa shape index (κ3) is 6.05. The fourth-order valence-corrected chi connectivity index (χ4v) is 1.42.